The molecule has 0 atom stereocenters. The monoisotopic (exact) mass is 210 g/mol. The summed E-state index contributed by atoms with van der Waals surface area (Å²) in [5.41, 5.74) is 2.54. The lowest BCUT2D eigenvalue weighted by Crippen LogP contribution is -1.64. The van der Waals surface area contributed by atoms with Crippen molar-refractivity contribution in [3.63, 3.8) is 0 Å². The Bertz CT molecular complexity index is 514. The number of rotatable bonds is 0. The summed E-state index contributed by atoms with van der Waals surface area (Å²) < 4.78 is 0. The molecular formula is C14H14N2. The van der Waals surface area contributed by atoms with Gasteiger partial charge in [-0.1, -0.05) is 24.3 Å². The lowest BCUT2D eigenvalue weighted by molar-refractivity contribution is 1.33. The van der Waals surface area contributed by atoms with Crippen LogP contribution in [0.1, 0.15) is 5.56 Å². The number of aromatic nitrogens is 2. The van der Waals surface area contributed by atoms with Gasteiger partial charge in [-0.25, -0.2) is 0 Å². The first kappa shape index (κ1) is 10.4. The fourth-order valence-electron chi connectivity index (χ4n) is 1.53. The van der Waals surface area contributed by atoms with Gasteiger partial charge in [0.1, 0.15) is 0 Å². The standard InChI is InChI=1S/C9H9N.C5H5N/c1-7-6-10-9-5-3-2-4-8(7)9;1-2-4-6-5-3-1/h2-6,10H,1H3;1-5H. The van der Waals surface area contributed by atoms with Gasteiger partial charge in [0.15, 0.2) is 0 Å². The van der Waals surface area contributed by atoms with Crippen molar-refractivity contribution in [1.82, 2.24) is 9.97 Å². The third-order valence-corrected chi connectivity index (χ3v) is 2.36. The maximum absolute atomic E-state index is 3.78. The third kappa shape index (κ3) is 2.48. The van der Waals surface area contributed by atoms with Crippen molar-refractivity contribution in [1.29, 1.82) is 0 Å². The van der Waals surface area contributed by atoms with E-state index in [0.29, 0.717) is 0 Å². The van der Waals surface area contributed by atoms with Crippen LogP contribution in [0.3, 0.4) is 0 Å². The van der Waals surface area contributed by atoms with Crippen LogP contribution in [0.4, 0.5) is 0 Å². The maximum atomic E-state index is 3.78. The molecule has 80 valence electrons. The van der Waals surface area contributed by atoms with E-state index in [0.717, 1.165) is 0 Å². The molecule has 16 heavy (non-hydrogen) atoms. The number of fused-ring (bicyclic) bond motifs is 1. The highest BCUT2D eigenvalue weighted by Gasteiger charge is 1.94. The molecular weight excluding hydrogens is 196 g/mol. The Morgan fingerprint density at radius 2 is 1.69 bits per heavy atom. The molecule has 0 saturated carbocycles. The summed E-state index contributed by atoms with van der Waals surface area (Å²) in [6.45, 7) is 2.11. The largest absolute Gasteiger partial charge is 0.361 e. The van der Waals surface area contributed by atoms with Crippen LogP contribution in [0, 0.1) is 6.92 Å². The minimum atomic E-state index is 1.22. The number of nitrogens with one attached hydrogen (secondary N) is 1. The van der Waals surface area contributed by atoms with E-state index in [1.807, 2.05) is 30.5 Å². The van der Waals surface area contributed by atoms with Crippen LogP contribution < -0.4 is 0 Å². The average molecular weight is 210 g/mol. The van der Waals surface area contributed by atoms with Gasteiger partial charge in [-0.2, -0.15) is 0 Å². The summed E-state index contributed by atoms with van der Waals surface area (Å²) >= 11 is 0. The Labute approximate surface area is 95.0 Å². The van der Waals surface area contributed by atoms with Crippen molar-refractivity contribution in [2.75, 3.05) is 0 Å². The zero-order valence-electron chi connectivity index (χ0n) is 9.22. The molecule has 2 heterocycles. The van der Waals surface area contributed by atoms with Gasteiger partial charge in [-0.15, -0.1) is 0 Å². The molecule has 0 bridgehead atoms. The van der Waals surface area contributed by atoms with E-state index >= 15 is 0 Å². The molecule has 0 amide bonds. The van der Waals surface area contributed by atoms with E-state index in [1.165, 1.54) is 16.5 Å². The van der Waals surface area contributed by atoms with E-state index in [-0.39, 0.29) is 0 Å². The van der Waals surface area contributed by atoms with Crippen molar-refractivity contribution >= 4 is 10.9 Å². The summed E-state index contributed by atoms with van der Waals surface area (Å²) in [6.07, 6.45) is 5.53. The molecule has 0 fully saturated rings. The van der Waals surface area contributed by atoms with Crippen LogP contribution >= 0.6 is 0 Å². The summed E-state index contributed by atoms with van der Waals surface area (Å²) in [5.74, 6) is 0. The highest BCUT2D eigenvalue weighted by molar-refractivity contribution is 5.82. The molecule has 0 radical (unpaired) electrons. The highest BCUT2D eigenvalue weighted by Crippen LogP contribution is 2.15. The molecule has 2 heteroatoms. The number of benzene rings is 1. The number of para-hydroxylation sites is 1. The second kappa shape index (κ2) is 5.12. The van der Waals surface area contributed by atoms with Crippen molar-refractivity contribution in [2.45, 2.75) is 6.92 Å². The van der Waals surface area contributed by atoms with Crippen LogP contribution in [0.2, 0.25) is 0 Å². The van der Waals surface area contributed by atoms with Crippen molar-refractivity contribution in [2.24, 2.45) is 0 Å². The Hall–Kier alpha value is -2.09. The molecule has 2 aromatic heterocycles. The van der Waals surface area contributed by atoms with E-state index < -0.39 is 0 Å². The van der Waals surface area contributed by atoms with E-state index in [2.05, 4.69) is 35.1 Å². The Morgan fingerprint density at radius 1 is 0.938 bits per heavy atom. The molecule has 0 unspecified atom stereocenters. The molecule has 1 N–H and O–H groups in total. The summed E-state index contributed by atoms with van der Waals surface area (Å²) in [4.78, 5) is 6.97. The second-order valence-electron chi connectivity index (χ2n) is 3.54. The summed E-state index contributed by atoms with van der Waals surface area (Å²) in [7, 11) is 0. The lowest BCUT2D eigenvalue weighted by Gasteiger charge is -1.86. The number of hydrogen-bond donors (Lipinski definition) is 1. The molecule has 0 spiro atoms. The number of H-pyrrole nitrogens is 1. The smallest absolute Gasteiger partial charge is 0.0456 e. The van der Waals surface area contributed by atoms with Crippen molar-refractivity contribution in [3.8, 4) is 0 Å². The fraction of sp³-hybridized carbons (Fsp3) is 0.0714. The van der Waals surface area contributed by atoms with Crippen molar-refractivity contribution < 1.29 is 0 Å². The molecule has 3 rings (SSSR count). The minimum absolute atomic E-state index is 1.22. The molecule has 3 aromatic rings. The van der Waals surface area contributed by atoms with Gasteiger partial charge in [0.25, 0.3) is 0 Å². The lowest BCUT2D eigenvalue weighted by atomic mass is 10.2. The van der Waals surface area contributed by atoms with E-state index in [9.17, 15) is 0 Å². The van der Waals surface area contributed by atoms with Gasteiger partial charge in [0.05, 0.1) is 0 Å². The van der Waals surface area contributed by atoms with E-state index in [4.69, 9.17) is 0 Å². The first-order chi connectivity index (χ1) is 7.88. The molecule has 0 aliphatic rings. The van der Waals surface area contributed by atoms with Gasteiger partial charge in [0.2, 0.25) is 0 Å². The zero-order chi connectivity index (χ0) is 11.2. The van der Waals surface area contributed by atoms with Crippen molar-refractivity contribution in [3.05, 3.63) is 66.6 Å². The summed E-state index contributed by atoms with van der Waals surface area (Å²) in [6, 6.07) is 14.0. The second-order valence-corrected chi connectivity index (χ2v) is 3.54. The van der Waals surface area contributed by atoms with Gasteiger partial charge in [-0.3, -0.25) is 4.98 Å². The van der Waals surface area contributed by atoms with Gasteiger partial charge >= 0.3 is 0 Å². The van der Waals surface area contributed by atoms with Gasteiger partial charge < -0.3 is 4.98 Å². The zero-order valence-corrected chi connectivity index (χ0v) is 9.22. The van der Waals surface area contributed by atoms with Crippen LogP contribution in [0.15, 0.2) is 61.1 Å². The fourth-order valence-corrected chi connectivity index (χ4v) is 1.53. The number of aryl methyl sites for hydroxylation is 1. The predicted molar refractivity (Wildman–Crippen MR) is 67.3 cm³/mol. The normalized spacial score (nSPS) is 9.56. The molecule has 0 saturated heterocycles. The highest BCUT2D eigenvalue weighted by atomic mass is 14.7. The molecule has 0 aliphatic carbocycles. The van der Waals surface area contributed by atoms with Gasteiger partial charge in [0, 0.05) is 29.5 Å². The predicted octanol–water partition coefficient (Wildman–Crippen LogP) is 3.56. The molecule has 2 nitrogen and oxygen atoms in total. The number of pyridine rings is 1. The third-order valence-electron chi connectivity index (χ3n) is 2.36. The molecule has 0 aliphatic heterocycles. The first-order valence-electron chi connectivity index (χ1n) is 5.25. The number of hydrogen-bond acceptors (Lipinski definition) is 1. The number of nitrogens with zero attached hydrogens (tertiary/aromatic N) is 1. The van der Waals surface area contributed by atoms with E-state index in [1.54, 1.807) is 12.4 Å². The first-order valence-corrected chi connectivity index (χ1v) is 5.25. The van der Waals surface area contributed by atoms with Crippen LogP contribution in [0.5, 0.6) is 0 Å². The number of aromatic amines is 1. The minimum Gasteiger partial charge on any atom is -0.361 e. The Kier molecular flexibility index (Phi) is 3.34. The Balaban J connectivity index is 0.000000138. The Morgan fingerprint density at radius 3 is 2.25 bits per heavy atom. The topological polar surface area (TPSA) is 28.7 Å². The summed E-state index contributed by atoms with van der Waals surface area (Å²) in [5, 5.41) is 1.32. The SMILES string of the molecule is Cc1c[nH]c2ccccc12.c1ccncc1. The van der Waals surface area contributed by atoms with Crippen LogP contribution in [-0.4, -0.2) is 9.97 Å². The quantitative estimate of drug-likeness (QED) is 0.604. The maximum Gasteiger partial charge on any atom is 0.0456 e. The average Bonchev–Trinajstić information content (AvgIpc) is 2.75. The van der Waals surface area contributed by atoms with Crippen LogP contribution in [0.25, 0.3) is 10.9 Å². The van der Waals surface area contributed by atoms with Gasteiger partial charge in [-0.05, 0) is 30.7 Å². The van der Waals surface area contributed by atoms with Crippen LogP contribution in [-0.2, 0) is 0 Å². The molecule has 1 aromatic carbocycles.